The molecule has 3 heteroatoms. The highest BCUT2D eigenvalue weighted by Gasteiger charge is 2.07. The van der Waals surface area contributed by atoms with Crippen molar-refractivity contribution in [2.75, 3.05) is 0 Å². The molecule has 0 atom stereocenters. The molecule has 0 fully saturated rings. The zero-order valence-corrected chi connectivity index (χ0v) is 10.9. The van der Waals surface area contributed by atoms with Crippen LogP contribution in [0.5, 0.6) is 0 Å². The predicted molar refractivity (Wildman–Crippen MR) is 71.7 cm³/mol. The van der Waals surface area contributed by atoms with Gasteiger partial charge in [-0.1, -0.05) is 19.9 Å². The first-order valence-electron chi connectivity index (χ1n) is 5.71. The molecule has 1 nitrogen and oxygen atoms in total. The van der Waals surface area contributed by atoms with Crippen LogP contribution in [0.2, 0.25) is 0 Å². The van der Waals surface area contributed by atoms with Gasteiger partial charge in [0.2, 0.25) is 0 Å². The summed E-state index contributed by atoms with van der Waals surface area (Å²) in [5.74, 6) is -0.176. The summed E-state index contributed by atoms with van der Waals surface area (Å²) < 4.78 is 13.3. The van der Waals surface area contributed by atoms with Gasteiger partial charge in [0.1, 0.15) is 5.82 Å². The van der Waals surface area contributed by atoms with Gasteiger partial charge >= 0.3 is 0 Å². The van der Waals surface area contributed by atoms with Crippen LogP contribution in [0.15, 0.2) is 35.0 Å². The molecule has 0 radical (unpaired) electrons. The van der Waals surface area contributed by atoms with E-state index in [2.05, 4.69) is 30.6 Å². The number of nitrogens with one attached hydrogen (secondary N) is 1. The lowest BCUT2D eigenvalue weighted by molar-refractivity contribution is 0.582. The molecule has 0 aliphatic rings. The van der Waals surface area contributed by atoms with Gasteiger partial charge in [0, 0.05) is 12.6 Å². The quantitative estimate of drug-likeness (QED) is 0.862. The molecule has 0 aliphatic carbocycles. The van der Waals surface area contributed by atoms with Crippen LogP contribution in [0.4, 0.5) is 4.39 Å². The summed E-state index contributed by atoms with van der Waals surface area (Å²) in [4.78, 5) is 0. The van der Waals surface area contributed by atoms with Crippen molar-refractivity contribution in [2.24, 2.45) is 0 Å². The van der Waals surface area contributed by atoms with E-state index in [1.807, 2.05) is 11.4 Å². The fraction of sp³-hybridized carbons (Fsp3) is 0.286. The average Bonchev–Trinajstić information content (AvgIpc) is 2.80. The topological polar surface area (TPSA) is 12.0 Å². The van der Waals surface area contributed by atoms with Crippen molar-refractivity contribution in [1.82, 2.24) is 5.32 Å². The summed E-state index contributed by atoms with van der Waals surface area (Å²) >= 11 is 1.66. The Labute approximate surface area is 105 Å². The van der Waals surface area contributed by atoms with Crippen LogP contribution in [0.1, 0.15) is 19.4 Å². The molecule has 0 unspecified atom stereocenters. The Morgan fingerprint density at radius 2 is 2.12 bits per heavy atom. The molecule has 0 aliphatic heterocycles. The van der Waals surface area contributed by atoms with Crippen LogP contribution in [0, 0.1) is 5.82 Å². The molecule has 2 rings (SSSR count). The molecule has 1 N–H and O–H groups in total. The lowest BCUT2D eigenvalue weighted by Gasteiger charge is -2.12. The SMILES string of the molecule is CC(C)NCc1cc(F)ccc1-c1ccsc1. The Morgan fingerprint density at radius 3 is 2.76 bits per heavy atom. The third kappa shape index (κ3) is 3.14. The fourth-order valence-corrected chi connectivity index (χ4v) is 2.38. The van der Waals surface area contributed by atoms with E-state index in [0.717, 1.165) is 16.7 Å². The Kier molecular flexibility index (Phi) is 3.92. The van der Waals surface area contributed by atoms with E-state index in [0.29, 0.717) is 12.6 Å². The highest BCUT2D eigenvalue weighted by molar-refractivity contribution is 7.08. The van der Waals surface area contributed by atoms with E-state index in [4.69, 9.17) is 0 Å². The number of halogens is 1. The Bertz CT molecular complexity index is 477. The molecule has 0 amide bonds. The summed E-state index contributed by atoms with van der Waals surface area (Å²) in [6.45, 7) is 4.87. The third-order valence-electron chi connectivity index (χ3n) is 2.60. The second-order valence-corrected chi connectivity index (χ2v) is 5.13. The second-order valence-electron chi connectivity index (χ2n) is 4.35. The van der Waals surface area contributed by atoms with Gasteiger partial charge in [-0.2, -0.15) is 11.3 Å². The van der Waals surface area contributed by atoms with Crippen molar-refractivity contribution in [3.8, 4) is 11.1 Å². The first-order chi connectivity index (χ1) is 8.16. The Morgan fingerprint density at radius 1 is 1.29 bits per heavy atom. The van der Waals surface area contributed by atoms with Crippen molar-refractivity contribution in [1.29, 1.82) is 0 Å². The maximum atomic E-state index is 13.3. The number of hydrogen-bond donors (Lipinski definition) is 1. The molecule has 0 saturated heterocycles. The molecule has 2 aromatic rings. The van der Waals surface area contributed by atoms with Gasteiger partial charge in [-0.3, -0.25) is 0 Å². The van der Waals surface area contributed by atoms with Crippen molar-refractivity contribution in [3.05, 3.63) is 46.4 Å². The molecular formula is C14H16FNS. The van der Waals surface area contributed by atoms with Gasteiger partial charge in [0.25, 0.3) is 0 Å². The molecule has 0 spiro atoms. The Hall–Kier alpha value is -1.19. The number of rotatable bonds is 4. The predicted octanol–water partition coefficient (Wildman–Crippen LogP) is 4.05. The number of thiophene rings is 1. The lowest BCUT2D eigenvalue weighted by Crippen LogP contribution is -2.22. The lowest BCUT2D eigenvalue weighted by atomic mass is 10.0. The van der Waals surface area contributed by atoms with Crippen LogP contribution in [-0.4, -0.2) is 6.04 Å². The number of benzene rings is 1. The van der Waals surface area contributed by atoms with Crippen LogP contribution in [0.3, 0.4) is 0 Å². The minimum atomic E-state index is -0.176. The summed E-state index contributed by atoms with van der Waals surface area (Å²) in [6.07, 6.45) is 0. The zero-order valence-electron chi connectivity index (χ0n) is 10.0. The van der Waals surface area contributed by atoms with Gasteiger partial charge in [0.05, 0.1) is 0 Å². The molecule has 17 heavy (non-hydrogen) atoms. The average molecular weight is 249 g/mol. The highest BCUT2D eigenvalue weighted by atomic mass is 32.1. The summed E-state index contributed by atoms with van der Waals surface area (Å²) in [6, 6.07) is 7.45. The van der Waals surface area contributed by atoms with E-state index in [9.17, 15) is 4.39 Å². The first kappa shape index (κ1) is 12.3. The van der Waals surface area contributed by atoms with Gasteiger partial charge in [-0.25, -0.2) is 4.39 Å². The fourth-order valence-electron chi connectivity index (χ4n) is 1.72. The molecule has 90 valence electrons. The van der Waals surface area contributed by atoms with E-state index >= 15 is 0 Å². The van der Waals surface area contributed by atoms with Gasteiger partial charge in [-0.05, 0) is 45.6 Å². The van der Waals surface area contributed by atoms with E-state index in [-0.39, 0.29) is 5.82 Å². The summed E-state index contributed by atoms with van der Waals surface area (Å²) in [5, 5.41) is 7.46. The van der Waals surface area contributed by atoms with Crippen molar-refractivity contribution in [3.63, 3.8) is 0 Å². The van der Waals surface area contributed by atoms with Crippen molar-refractivity contribution in [2.45, 2.75) is 26.4 Å². The van der Waals surface area contributed by atoms with Crippen LogP contribution >= 0.6 is 11.3 Å². The monoisotopic (exact) mass is 249 g/mol. The van der Waals surface area contributed by atoms with Crippen molar-refractivity contribution >= 4 is 11.3 Å². The Balaban J connectivity index is 2.31. The summed E-state index contributed by atoms with van der Waals surface area (Å²) in [7, 11) is 0. The molecule has 0 bridgehead atoms. The van der Waals surface area contributed by atoms with Gasteiger partial charge in [-0.15, -0.1) is 0 Å². The third-order valence-corrected chi connectivity index (χ3v) is 3.28. The largest absolute Gasteiger partial charge is 0.310 e. The molecule has 1 aromatic heterocycles. The van der Waals surface area contributed by atoms with E-state index < -0.39 is 0 Å². The summed E-state index contributed by atoms with van der Waals surface area (Å²) in [5.41, 5.74) is 3.29. The van der Waals surface area contributed by atoms with Crippen molar-refractivity contribution < 1.29 is 4.39 Å². The molecule has 0 saturated carbocycles. The van der Waals surface area contributed by atoms with E-state index in [1.165, 1.54) is 6.07 Å². The normalized spacial score (nSPS) is 11.1. The minimum Gasteiger partial charge on any atom is -0.310 e. The molecule has 1 aromatic carbocycles. The molecule has 1 heterocycles. The van der Waals surface area contributed by atoms with Gasteiger partial charge < -0.3 is 5.32 Å². The van der Waals surface area contributed by atoms with Crippen LogP contribution in [-0.2, 0) is 6.54 Å². The molecular weight excluding hydrogens is 233 g/mol. The van der Waals surface area contributed by atoms with Crippen LogP contribution < -0.4 is 5.32 Å². The smallest absolute Gasteiger partial charge is 0.123 e. The minimum absolute atomic E-state index is 0.176. The zero-order chi connectivity index (χ0) is 12.3. The standard InChI is InChI=1S/C14H16FNS/c1-10(2)16-8-12-7-13(15)3-4-14(12)11-5-6-17-9-11/h3-7,9-10,16H,8H2,1-2H3. The maximum absolute atomic E-state index is 13.3. The highest BCUT2D eigenvalue weighted by Crippen LogP contribution is 2.26. The maximum Gasteiger partial charge on any atom is 0.123 e. The van der Waals surface area contributed by atoms with Crippen LogP contribution in [0.25, 0.3) is 11.1 Å². The first-order valence-corrected chi connectivity index (χ1v) is 6.65. The second kappa shape index (κ2) is 5.43. The number of hydrogen-bond acceptors (Lipinski definition) is 2. The van der Waals surface area contributed by atoms with Gasteiger partial charge in [0.15, 0.2) is 0 Å². The van der Waals surface area contributed by atoms with E-state index in [1.54, 1.807) is 17.4 Å².